The minimum absolute atomic E-state index is 0.0335. The molecule has 3 heterocycles. The fourth-order valence-corrected chi connectivity index (χ4v) is 4.32. The summed E-state index contributed by atoms with van der Waals surface area (Å²) >= 11 is 0. The average molecular weight is 371 g/mol. The van der Waals surface area contributed by atoms with Crippen LogP contribution in [0.5, 0.6) is 5.75 Å². The summed E-state index contributed by atoms with van der Waals surface area (Å²) < 4.78 is 11.3. The molecular formula is C21H29N3O3. The second-order valence-corrected chi connectivity index (χ2v) is 8.17. The molecule has 6 heteroatoms. The van der Waals surface area contributed by atoms with Crippen LogP contribution in [-0.4, -0.2) is 60.8 Å². The van der Waals surface area contributed by atoms with Gasteiger partial charge in [-0.25, -0.2) is 0 Å². The molecule has 0 unspecified atom stereocenters. The topological polar surface area (TPSA) is 66.6 Å². The maximum Gasteiger partial charge on any atom is 0.268 e. The average Bonchev–Trinajstić information content (AvgIpc) is 3.21. The molecule has 2 aliphatic rings. The van der Waals surface area contributed by atoms with Crippen LogP contribution in [0.25, 0.3) is 10.9 Å². The summed E-state index contributed by atoms with van der Waals surface area (Å²) in [5, 5.41) is 4.25. The first-order valence-corrected chi connectivity index (χ1v) is 9.79. The van der Waals surface area contributed by atoms with Crippen molar-refractivity contribution in [3.8, 4) is 5.75 Å². The number of carbonyl (C=O) groups is 1. The lowest BCUT2D eigenvalue weighted by molar-refractivity contribution is -0.0683. The van der Waals surface area contributed by atoms with E-state index in [1.165, 1.54) is 0 Å². The van der Waals surface area contributed by atoms with Gasteiger partial charge in [0.15, 0.2) is 0 Å². The number of aromatic nitrogens is 1. The number of nitrogens with zero attached hydrogens (tertiary/aromatic N) is 1. The minimum atomic E-state index is -0.0335. The van der Waals surface area contributed by atoms with E-state index in [4.69, 9.17) is 9.47 Å². The number of carbonyl (C=O) groups excluding carboxylic acids is 1. The molecule has 2 aromatic rings. The lowest BCUT2D eigenvalue weighted by Crippen LogP contribution is -2.48. The SMILES string of the molecule is COc1ccc2[nH]c(C(=O)N[C@H]3C[C@H]4CO[C@@H](C(C)C)CN4C3)c(C)c2c1. The van der Waals surface area contributed by atoms with E-state index in [0.717, 1.165) is 48.3 Å². The standard InChI is InChI=1S/C21H29N3O3/c1-12(2)19-10-24-9-14(7-15(24)11-27-19)22-21(25)20-13(3)17-8-16(26-4)5-6-18(17)23-20/h5-6,8,12,14-15,19,23H,7,9-11H2,1-4H3,(H,22,25)/t14-,15-,19+/m0/s1. The maximum absolute atomic E-state index is 12.9. The highest BCUT2D eigenvalue weighted by Gasteiger charge is 2.38. The summed E-state index contributed by atoms with van der Waals surface area (Å²) in [5.41, 5.74) is 2.55. The Bertz CT molecular complexity index is 845. The minimum Gasteiger partial charge on any atom is -0.497 e. The number of methoxy groups -OCH3 is 1. The lowest BCUT2D eigenvalue weighted by atomic mass is 10.0. The summed E-state index contributed by atoms with van der Waals surface area (Å²) in [7, 11) is 1.65. The van der Waals surface area contributed by atoms with E-state index in [-0.39, 0.29) is 11.9 Å². The van der Waals surface area contributed by atoms with E-state index in [1.54, 1.807) is 7.11 Å². The third-order valence-electron chi connectivity index (χ3n) is 6.02. The van der Waals surface area contributed by atoms with Crippen LogP contribution in [-0.2, 0) is 4.74 Å². The summed E-state index contributed by atoms with van der Waals surface area (Å²) in [6, 6.07) is 6.41. The van der Waals surface area contributed by atoms with Crippen molar-refractivity contribution in [2.24, 2.45) is 5.92 Å². The fourth-order valence-electron chi connectivity index (χ4n) is 4.32. The van der Waals surface area contributed by atoms with Crippen LogP contribution in [0.15, 0.2) is 18.2 Å². The van der Waals surface area contributed by atoms with Gasteiger partial charge in [0, 0.05) is 36.1 Å². The van der Waals surface area contributed by atoms with E-state index in [2.05, 4.69) is 29.0 Å². The molecule has 4 rings (SSSR count). The second kappa shape index (κ2) is 7.17. The summed E-state index contributed by atoms with van der Waals surface area (Å²) in [4.78, 5) is 18.6. The van der Waals surface area contributed by atoms with Crippen molar-refractivity contribution in [1.82, 2.24) is 15.2 Å². The Kier molecular flexibility index (Phi) is 4.86. The molecule has 1 aromatic carbocycles. The molecule has 27 heavy (non-hydrogen) atoms. The Morgan fingerprint density at radius 1 is 1.37 bits per heavy atom. The Hall–Kier alpha value is -2.05. The van der Waals surface area contributed by atoms with Crippen LogP contribution in [0.3, 0.4) is 0 Å². The monoisotopic (exact) mass is 371 g/mol. The van der Waals surface area contributed by atoms with Gasteiger partial charge in [0.25, 0.3) is 5.91 Å². The molecule has 1 aromatic heterocycles. The number of nitrogens with one attached hydrogen (secondary N) is 2. The zero-order valence-corrected chi connectivity index (χ0v) is 16.5. The van der Waals surface area contributed by atoms with Gasteiger partial charge in [-0.2, -0.15) is 0 Å². The first-order chi connectivity index (χ1) is 13.0. The van der Waals surface area contributed by atoms with Crippen LogP contribution >= 0.6 is 0 Å². The Labute approximate surface area is 160 Å². The molecule has 2 aliphatic heterocycles. The van der Waals surface area contributed by atoms with Crippen molar-refractivity contribution in [1.29, 1.82) is 0 Å². The van der Waals surface area contributed by atoms with E-state index < -0.39 is 0 Å². The molecule has 0 aliphatic carbocycles. The van der Waals surface area contributed by atoms with Crippen LogP contribution in [0, 0.1) is 12.8 Å². The first-order valence-electron chi connectivity index (χ1n) is 9.79. The van der Waals surface area contributed by atoms with Gasteiger partial charge in [0.05, 0.1) is 19.8 Å². The fraction of sp³-hybridized carbons (Fsp3) is 0.571. The normalized spacial score (nSPS) is 25.7. The van der Waals surface area contributed by atoms with E-state index in [9.17, 15) is 4.79 Å². The van der Waals surface area contributed by atoms with E-state index in [0.29, 0.717) is 23.8 Å². The van der Waals surface area contributed by atoms with Crippen LogP contribution in [0.2, 0.25) is 0 Å². The highest BCUT2D eigenvalue weighted by Crippen LogP contribution is 2.28. The van der Waals surface area contributed by atoms with Crippen molar-refractivity contribution in [3.05, 3.63) is 29.5 Å². The number of aromatic amines is 1. The predicted molar refractivity (Wildman–Crippen MR) is 105 cm³/mol. The van der Waals surface area contributed by atoms with E-state index in [1.807, 2.05) is 25.1 Å². The second-order valence-electron chi connectivity index (χ2n) is 8.17. The number of hydrogen-bond donors (Lipinski definition) is 2. The summed E-state index contributed by atoms with van der Waals surface area (Å²) in [5.74, 6) is 1.28. The summed E-state index contributed by atoms with van der Waals surface area (Å²) in [6.07, 6.45) is 1.24. The molecule has 3 atom stereocenters. The maximum atomic E-state index is 12.9. The van der Waals surface area contributed by atoms with Gasteiger partial charge in [0.1, 0.15) is 11.4 Å². The summed E-state index contributed by atoms with van der Waals surface area (Å²) in [6.45, 7) is 9.00. The highest BCUT2D eigenvalue weighted by molar-refractivity contribution is 6.01. The number of benzene rings is 1. The van der Waals surface area contributed by atoms with Crippen LogP contribution in [0.4, 0.5) is 0 Å². The molecule has 6 nitrogen and oxygen atoms in total. The number of hydrogen-bond acceptors (Lipinski definition) is 4. The first kappa shape index (κ1) is 18.3. The molecule has 2 N–H and O–H groups in total. The number of amides is 1. The van der Waals surface area contributed by atoms with Crippen molar-refractivity contribution < 1.29 is 14.3 Å². The molecular weight excluding hydrogens is 342 g/mol. The molecule has 0 saturated carbocycles. The number of morpholine rings is 1. The number of H-pyrrole nitrogens is 1. The van der Waals surface area contributed by atoms with E-state index >= 15 is 0 Å². The largest absolute Gasteiger partial charge is 0.497 e. The lowest BCUT2D eigenvalue weighted by Gasteiger charge is -2.36. The van der Waals surface area contributed by atoms with Gasteiger partial charge in [-0.05, 0) is 43.0 Å². The smallest absolute Gasteiger partial charge is 0.268 e. The highest BCUT2D eigenvalue weighted by atomic mass is 16.5. The number of ether oxygens (including phenoxy) is 2. The molecule has 0 bridgehead atoms. The van der Waals surface area contributed by atoms with Gasteiger partial charge >= 0.3 is 0 Å². The molecule has 0 spiro atoms. The van der Waals surface area contributed by atoms with Gasteiger partial charge in [0.2, 0.25) is 0 Å². The number of aryl methyl sites for hydroxylation is 1. The molecule has 2 saturated heterocycles. The van der Waals surface area contributed by atoms with Gasteiger partial charge < -0.3 is 19.8 Å². The quantitative estimate of drug-likeness (QED) is 0.867. The predicted octanol–water partition coefficient (Wildman–Crippen LogP) is 2.71. The van der Waals surface area contributed by atoms with Crippen molar-refractivity contribution in [2.45, 2.75) is 45.4 Å². The van der Waals surface area contributed by atoms with Crippen LogP contribution < -0.4 is 10.1 Å². The molecule has 0 radical (unpaired) electrons. The third-order valence-corrected chi connectivity index (χ3v) is 6.02. The molecule has 146 valence electrons. The molecule has 2 fully saturated rings. The van der Waals surface area contributed by atoms with Crippen molar-refractivity contribution in [3.63, 3.8) is 0 Å². The number of fused-ring (bicyclic) bond motifs is 2. The van der Waals surface area contributed by atoms with Crippen LogP contribution in [0.1, 0.15) is 36.3 Å². The number of rotatable bonds is 4. The Balaban J connectivity index is 1.46. The zero-order valence-electron chi connectivity index (χ0n) is 16.5. The Morgan fingerprint density at radius 3 is 2.93 bits per heavy atom. The zero-order chi connectivity index (χ0) is 19.1. The van der Waals surface area contributed by atoms with Gasteiger partial charge in [-0.1, -0.05) is 13.8 Å². The Morgan fingerprint density at radius 2 is 2.19 bits per heavy atom. The van der Waals surface area contributed by atoms with Crippen molar-refractivity contribution >= 4 is 16.8 Å². The molecule has 1 amide bonds. The third kappa shape index (κ3) is 3.44. The van der Waals surface area contributed by atoms with Gasteiger partial charge in [-0.3, -0.25) is 9.69 Å². The van der Waals surface area contributed by atoms with Gasteiger partial charge in [-0.15, -0.1) is 0 Å². The van der Waals surface area contributed by atoms with Crippen molar-refractivity contribution in [2.75, 3.05) is 26.8 Å².